The van der Waals surface area contributed by atoms with E-state index in [0.29, 0.717) is 11.4 Å². The van der Waals surface area contributed by atoms with Crippen LogP contribution in [0.15, 0.2) is 36.4 Å². The Balaban J connectivity index is 2.49. The van der Waals surface area contributed by atoms with E-state index in [-0.39, 0.29) is 16.7 Å². The highest BCUT2D eigenvalue weighted by Gasteiger charge is 2.20. The molecule has 20 heavy (non-hydrogen) atoms. The standard InChI is InChI=1S/C13H12ClN3O3/c1-16(9-4-3-5-10(8-9)20-2)13-11(17(18)19)6-7-12(14)15-13/h3-8H,1-2H3. The Hall–Kier alpha value is -2.34. The van der Waals surface area contributed by atoms with Crippen LogP contribution in [0.1, 0.15) is 0 Å². The molecule has 0 spiro atoms. The van der Waals surface area contributed by atoms with Gasteiger partial charge in [0.15, 0.2) is 0 Å². The van der Waals surface area contributed by atoms with E-state index < -0.39 is 4.92 Å². The van der Waals surface area contributed by atoms with E-state index in [1.54, 1.807) is 43.3 Å². The van der Waals surface area contributed by atoms with E-state index in [2.05, 4.69) is 4.98 Å². The molecule has 6 nitrogen and oxygen atoms in total. The third kappa shape index (κ3) is 2.80. The second-order valence-corrected chi connectivity index (χ2v) is 4.38. The molecule has 0 saturated carbocycles. The van der Waals surface area contributed by atoms with Crippen LogP contribution >= 0.6 is 11.6 Å². The lowest BCUT2D eigenvalue weighted by Gasteiger charge is -2.18. The first-order chi connectivity index (χ1) is 9.52. The molecule has 2 rings (SSSR count). The SMILES string of the molecule is COc1cccc(N(C)c2nc(Cl)ccc2[N+](=O)[O-])c1. The van der Waals surface area contributed by atoms with E-state index in [1.165, 1.54) is 12.1 Å². The Kier molecular flexibility index (Phi) is 4.05. The first kappa shape index (κ1) is 14.1. The van der Waals surface area contributed by atoms with Crippen molar-refractivity contribution in [2.24, 2.45) is 0 Å². The molecule has 1 aromatic carbocycles. The van der Waals surface area contributed by atoms with Crippen LogP contribution in [-0.4, -0.2) is 24.1 Å². The van der Waals surface area contributed by atoms with Gasteiger partial charge in [0, 0.05) is 24.9 Å². The molecular formula is C13H12ClN3O3. The van der Waals surface area contributed by atoms with Gasteiger partial charge >= 0.3 is 5.69 Å². The van der Waals surface area contributed by atoms with Gasteiger partial charge in [-0.3, -0.25) is 10.1 Å². The fraction of sp³-hybridized carbons (Fsp3) is 0.154. The zero-order valence-electron chi connectivity index (χ0n) is 10.9. The number of ether oxygens (including phenoxy) is 1. The number of hydrogen-bond donors (Lipinski definition) is 0. The number of nitrogens with zero attached hydrogens (tertiary/aromatic N) is 3. The first-order valence-corrected chi connectivity index (χ1v) is 6.09. The maximum atomic E-state index is 11.1. The van der Waals surface area contributed by atoms with Crippen LogP contribution < -0.4 is 9.64 Å². The summed E-state index contributed by atoms with van der Waals surface area (Å²) < 4.78 is 5.14. The van der Waals surface area contributed by atoms with Crippen LogP contribution in [0.4, 0.5) is 17.2 Å². The zero-order chi connectivity index (χ0) is 14.7. The molecule has 0 atom stereocenters. The molecule has 0 saturated heterocycles. The fourth-order valence-electron chi connectivity index (χ4n) is 1.75. The molecular weight excluding hydrogens is 282 g/mol. The second-order valence-electron chi connectivity index (χ2n) is 3.99. The van der Waals surface area contributed by atoms with Crippen molar-refractivity contribution >= 4 is 28.8 Å². The Morgan fingerprint density at radius 1 is 1.35 bits per heavy atom. The van der Waals surface area contributed by atoms with Crippen LogP contribution in [0.5, 0.6) is 5.75 Å². The van der Waals surface area contributed by atoms with Gasteiger partial charge in [0.05, 0.1) is 12.0 Å². The normalized spacial score (nSPS) is 10.2. The van der Waals surface area contributed by atoms with Gasteiger partial charge in [-0.25, -0.2) is 4.98 Å². The fourth-order valence-corrected chi connectivity index (χ4v) is 1.89. The lowest BCUT2D eigenvalue weighted by molar-refractivity contribution is -0.384. The predicted molar refractivity (Wildman–Crippen MR) is 77.0 cm³/mol. The van der Waals surface area contributed by atoms with Crippen molar-refractivity contribution in [2.45, 2.75) is 0 Å². The summed E-state index contributed by atoms with van der Waals surface area (Å²) >= 11 is 5.83. The van der Waals surface area contributed by atoms with Gasteiger partial charge in [0.25, 0.3) is 0 Å². The smallest absolute Gasteiger partial charge is 0.312 e. The molecule has 0 aliphatic carbocycles. The molecule has 0 unspecified atom stereocenters. The van der Waals surface area contributed by atoms with Crippen LogP contribution in [-0.2, 0) is 0 Å². The molecule has 0 aliphatic heterocycles. The summed E-state index contributed by atoms with van der Waals surface area (Å²) in [6, 6.07) is 9.86. The van der Waals surface area contributed by atoms with Gasteiger partial charge in [-0.1, -0.05) is 17.7 Å². The van der Waals surface area contributed by atoms with Gasteiger partial charge in [0.1, 0.15) is 10.9 Å². The minimum absolute atomic E-state index is 0.111. The number of aromatic nitrogens is 1. The molecule has 0 N–H and O–H groups in total. The first-order valence-electron chi connectivity index (χ1n) is 5.71. The summed E-state index contributed by atoms with van der Waals surface area (Å²) in [5.41, 5.74) is 0.599. The molecule has 1 aromatic heterocycles. The molecule has 7 heteroatoms. The van der Waals surface area contributed by atoms with Crippen molar-refractivity contribution < 1.29 is 9.66 Å². The van der Waals surface area contributed by atoms with Crippen LogP contribution in [0.3, 0.4) is 0 Å². The van der Waals surface area contributed by atoms with Crippen molar-refractivity contribution in [1.82, 2.24) is 4.98 Å². The van der Waals surface area contributed by atoms with Gasteiger partial charge in [0.2, 0.25) is 5.82 Å². The number of nitro groups is 1. The minimum Gasteiger partial charge on any atom is -0.497 e. The molecule has 0 bridgehead atoms. The molecule has 0 radical (unpaired) electrons. The summed E-state index contributed by atoms with van der Waals surface area (Å²) in [6.45, 7) is 0. The monoisotopic (exact) mass is 293 g/mol. The van der Waals surface area contributed by atoms with Gasteiger partial charge in [-0.2, -0.15) is 0 Å². The highest BCUT2D eigenvalue weighted by molar-refractivity contribution is 6.29. The van der Waals surface area contributed by atoms with Crippen LogP contribution in [0, 0.1) is 10.1 Å². The third-order valence-electron chi connectivity index (χ3n) is 2.78. The molecule has 0 aliphatic rings. The number of hydrogen-bond acceptors (Lipinski definition) is 5. The molecule has 0 fully saturated rings. The Morgan fingerprint density at radius 3 is 2.75 bits per heavy atom. The number of halogens is 1. The largest absolute Gasteiger partial charge is 0.497 e. The van der Waals surface area contributed by atoms with Crippen molar-refractivity contribution in [2.75, 3.05) is 19.1 Å². The number of rotatable bonds is 4. The van der Waals surface area contributed by atoms with E-state index in [0.717, 1.165) is 0 Å². The molecule has 0 amide bonds. The lowest BCUT2D eigenvalue weighted by Crippen LogP contribution is -2.13. The van der Waals surface area contributed by atoms with Crippen molar-refractivity contribution in [3.05, 3.63) is 51.7 Å². The van der Waals surface area contributed by atoms with Gasteiger partial charge < -0.3 is 9.64 Å². The molecule has 2 aromatic rings. The predicted octanol–water partition coefficient (Wildman–Crippen LogP) is 3.42. The van der Waals surface area contributed by atoms with Crippen LogP contribution in [0.25, 0.3) is 0 Å². The zero-order valence-corrected chi connectivity index (χ0v) is 11.7. The highest BCUT2D eigenvalue weighted by Crippen LogP contribution is 2.32. The van der Waals surface area contributed by atoms with E-state index >= 15 is 0 Å². The quantitative estimate of drug-likeness (QED) is 0.491. The van der Waals surface area contributed by atoms with E-state index in [1.807, 2.05) is 0 Å². The Morgan fingerprint density at radius 2 is 2.10 bits per heavy atom. The maximum absolute atomic E-state index is 11.1. The average molecular weight is 294 g/mol. The van der Waals surface area contributed by atoms with Gasteiger partial charge in [-0.05, 0) is 18.2 Å². The summed E-state index contributed by atoms with van der Waals surface area (Å²) in [5, 5.41) is 11.3. The molecule has 1 heterocycles. The number of pyridine rings is 1. The summed E-state index contributed by atoms with van der Waals surface area (Å²) in [5.74, 6) is 0.829. The van der Waals surface area contributed by atoms with Crippen LogP contribution in [0.2, 0.25) is 5.15 Å². The average Bonchev–Trinajstić information content (AvgIpc) is 2.46. The number of benzene rings is 1. The molecule has 104 valence electrons. The lowest BCUT2D eigenvalue weighted by atomic mass is 10.2. The number of methoxy groups -OCH3 is 1. The second kappa shape index (κ2) is 5.75. The van der Waals surface area contributed by atoms with Crippen molar-refractivity contribution in [1.29, 1.82) is 0 Å². The maximum Gasteiger partial charge on any atom is 0.312 e. The highest BCUT2D eigenvalue weighted by atomic mass is 35.5. The topological polar surface area (TPSA) is 68.5 Å². The number of anilines is 2. The minimum atomic E-state index is -0.491. The van der Waals surface area contributed by atoms with Crippen molar-refractivity contribution in [3.8, 4) is 5.75 Å². The third-order valence-corrected chi connectivity index (χ3v) is 2.99. The summed E-state index contributed by atoms with van der Waals surface area (Å²) in [6.07, 6.45) is 0. The summed E-state index contributed by atoms with van der Waals surface area (Å²) in [7, 11) is 3.24. The summed E-state index contributed by atoms with van der Waals surface area (Å²) in [4.78, 5) is 16.2. The van der Waals surface area contributed by atoms with Gasteiger partial charge in [-0.15, -0.1) is 0 Å². The van der Waals surface area contributed by atoms with Crippen molar-refractivity contribution in [3.63, 3.8) is 0 Å². The Bertz CT molecular complexity index is 649. The Labute approximate surface area is 120 Å². The van der Waals surface area contributed by atoms with E-state index in [9.17, 15) is 10.1 Å². The van der Waals surface area contributed by atoms with E-state index in [4.69, 9.17) is 16.3 Å².